The monoisotopic (exact) mass is 270 g/mol. The average molecular weight is 270 g/mol. The smallest absolute Gasteiger partial charge is 0.335 e. The third-order valence-electron chi connectivity index (χ3n) is 2.47. The molecule has 0 aliphatic carbocycles. The fraction of sp³-hybridized carbons (Fsp3) is 0.0625. The Labute approximate surface area is 117 Å². The molecule has 96 valence electrons. The van der Waals surface area contributed by atoms with Crippen LogP contribution in [-0.4, -0.2) is 5.97 Å². The second kappa shape index (κ2) is 6.25. The van der Waals surface area contributed by atoms with Crippen molar-refractivity contribution >= 4 is 17.7 Å². The molecule has 2 nitrogen and oxygen atoms in total. The largest absolute Gasteiger partial charge is 0.423 e. The number of esters is 1. The first-order valence-corrected chi connectivity index (χ1v) is 6.68. The molecular weight excluding hydrogens is 256 g/mol. The van der Waals surface area contributed by atoms with Crippen molar-refractivity contribution in [1.82, 2.24) is 0 Å². The molecule has 3 heteroatoms. The third kappa shape index (κ3) is 4.00. The summed E-state index contributed by atoms with van der Waals surface area (Å²) in [5.41, 5.74) is 1.25. The number of aryl methyl sites for hydroxylation is 1. The lowest BCUT2D eigenvalue weighted by atomic mass is 10.2. The van der Waals surface area contributed by atoms with E-state index in [0.29, 0.717) is 5.75 Å². The van der Waals surface area contributed by atoms with Gasteiger partial charge >= 0.3 is 5.97 Å². The maximum absolute atomic E-state index is 11.0. The summed E-state index contributed by atoms with van der Waals surface area (Å²) < 4.78 is 5.02. The van der Waals surface area contributed by atoms with Gasteiger partial charge in [-0.15, -0.1) is 0 Å². The second-order valence-electron chi connectivity index (χ2n) is 4.01. The molecule has 0 aliphatic rings. The molecule has 2 aromatic carbocycles. The highest BCUT2D eigenvalue weighted by molar-refractivity contribution is 7.99. The van der Waals surface area contributed by atoms with Gasteiger partial charge in [-0.3, -0.25) is 0 Å². The molecule has 2 rings (SSSR count). The Kier molecular flexibility index (Phi) is 4.42. The zero-order valence-electron chi connectivity index (χ0n) is 10.6. The van der Waals surface area contributed by atoms with Gasteiger partial charge in [-0.25, -0.2) is 4.79 Å². The highest BCUT2D eigenvalue weighted by Crippen LogP contribution is 2.29. The number of benzene rings is 2. The topological polar surface area (TPSA) is 26.3 Å². The minimum Gasteiger partial charge on any atom is -0.423 e. The highest BCUT2D eigenvalue weighted by atomic mass is 32.2. The van der Waals surface area contributed by atoms with Gasteiger partial charge in [-0.2, -0.15) is 0 Å². The SMILES string of the molecule is C=CC(=O)Oc1ccc(Sc2ccc(C)cc2)cc1. The predicted octanol–water partition coefficient (Wildman–Crippen LogP) is 4.24. The summed E-state index contributed by atoms with van der Waals surface area (Å²) in [6.45, 7) is 5.43. The summed E-state index contributed by atoms with van der Waals surface area (Å²) in [6, 6.07) is 15.8. The third-order valence-corrected chi connectivity index (χ3v) is 3.48. The van der Waals surface area contributed by atoms with Crippen molar-refractivity contribution in [2.24, 2.45) is 0 Å². The standard InChI is InChI=1S/C16H14O2S/c1-3-16(17)18-13-6-10-15(11-7-13)19-14-8-4-12(2)5-9-14/h3-11H,1H2,2H3. The minimum atomic E-state index is -0.445. The summed E-state index contributed by atoms with van der Waals surface area (Å²) in [5, 5.41) is 0. The number of carbonyl (C=O) groups is 1. The normalized spacial score (nSPS) is 9.95. The number of rotatable bonds is 4. The van der Waals surface area contributed by atoms with Crippen molar-refractivity contribution in [1.29, 1.82) is 0 Å². The summed E-state index contributed by atoms with van der Waals surface area (Å²) in [5.74, 6) is 0.0806. The first kappa shape index (κ1) is 13.4. The Morgan fingerprint density at radius 1 is 1.05 bits per heavy atom. The second-order valence-corrected chi connectivity index (χ2v) is 5.16. The molecule has 0 bridgehead atoms. The Bertz CT molecular complexity index is 571. The van der Waals surface area contributed by atoms with E-state index in [1.807, 2.05) is 12.1 Å². The van der Waals surface area contributed by atoms with E-state index in [-0.39, 0.29) is 0 Å². The molecule has 0 spiro atoms. The van der Waals surface area contributed by atoms with Gasteiger partial charge in [0.1, 0.15) is 5.75 Å². The predicted molar refractivity (Wildman–Crippen MR) is 77.6 cm³/mol. The number of ether oxygens (including phenoxy) is 1. The van der Waals surface area contributed by atoms with Crippen LogP contribution in [0.25, 0.3) is 0 Å². The molecular formula is C16H14O2S. The quantitative estimate of drug-likeness (QED) is 0.472. The maximum atomic E-state index is 11.0. The maximum Gasteiger partial charge on any atom is 0.335 e. The van der Waals surface area contributed by atoms with Crippen LogP contribution >= 0.6 is 11.8 Å². The zero-order valence-corrected chi connectivity index (χ0v) is 11.4. The van der Waals surface area contributed by atoms with Gasteiger partial charge < -0.3 is 4.74 Å². The molecule has 0 fully saturated rings. The fourth-order valence-corrected chi connectivity index (χ4v) is 2.29. The van der Waals surface area contributed by atoms with Crippen LogP contribution in [0.15, 0.2) is 71.0 Å². The summed E-state index contributed by atoms with van der Waals surface area (Å²) in [6.07, 6.45) is 1.15. The van der Waals surface area contributed by atoms with Crippen LogP contribution in [0, 0.1) is 6.92 Å². The molecule has 19 heavy (non-hydrogen) atoms. The first-order valence-electron chi connectivity index (χ1n) is 5.86. The van der Waals surface area contributed by atoms with Crippen molar-refractivity contribution < 1.29 is 9.53 Å². The van der Waals surface area contributed by atoms with Crippen LogP contribution in [0.5, 0.6) is 5.75 Å². The molecule has 0 aliphatic heterocycles. The van der Waals surface area contributed by atoms with Crippen molar-refractivity contribution in [2.45, 2.75) is 16.7 Å². The fourth-order valence-electron chi connectivity index (χ4n) is 1.48. The van der Waals surface area contributed by atoms with E-state index in [0.717, 1.165) is 11.0 Å². The van der Waals surface area contributed by atoms with Crippen molar-refractivity contribution in [3.63, 3.8) is 0 Å². The van der Waals surface area contributed by atoms with E-state index in [9.17, 15) is 4.79 Å². The molecule has 0 amide bonds. The lowest BCUT2D eigenvalue weighted by Gasteiger charge is -2.04. The van der Waals surface area contributed by atoms with Crippen LogP contribution in [-0.2, 0) is 4.79 Å². The van der Waals surface area contributed by atoms with Gasteiger partial charge in [0, 0.05) is 15.9 Å². The Morgan fingerprint density at radius 2 is 1.58 bits per heavy atom. The van der Waals surface area contributed by atoms with Gasteiger partial charge in [0.15, 0.2) is 0 Å². The number of carbonyl (C=O) groups excluding carboxylic acids is 1. The summed E-state index contributed by atoms with van der Waals surface area (Å²) >= 11 is 1.67. The highest BCUT2D eigenvalue weighted by Gasteiger charge is 2.01. The van der Waals surface area contributed by atoms with Crippen molar-refractivity contribution in [3.8, 4) is 5.75 Å². The summed E-state index contributed by atoms with van der Waals surface area (Å²) in [7, 11) is 0. The van der Waals surface area contributed by atoms with E-state index in [1.54, 1.807) is 23.9 Å². The van der Waals surface area contributed by atoms with Crippen molar-refractivity contribution in [2.75, 3.05) is 0 Å². The van der Waals surface area contributed by atoms with Crippen LogP contribution < -0.4 is 4.74 Å². The van der Waals surface area contributed by atoms with E-state index >= 15 is 0 Å². The van der Waals surface area contributed by atoms with Crippen LogP contribution in [0.2, 0.25) is 0 Å². The number of hydrogen-bond acceptors (Lipinski definition) is 3. The number of hydrogen-bond donors (Lipinski definition) is 0. The van der Waals surface area contributed by atoms with E-state index in [4.69, 9.17) is 4.74 Å². The van der Waals surface area contributed by atoms with Crippen molar-refractivity contribution in [3.05, 3.63) is 66.7 Å². The molecule has 2 aromatic rings. The Balaban J connectivity index is 2.04. The molecule has 0 N–H and O–H groups in total. The van der Waals surface area contributed by atoms with Gasteiger partial charge in [-0.05, 0) is 43.3 Å². The van der Waals surface area contributed by atoms with E-state index in [2.05, 4.69) is 37.8 Å². The van der Waals surface area contributed by atoms with Crippen LogP contribution in [0.1, 0.15) is 5.56 Å². The first-order chi connectivity index (χ1) is 9.17. The molecule has 0 aromatic heterocycles. The molecule has 0 heterocycles. The zero-order chi connectivity index (χ0) is 13.7. The Hall–Kier alpha value is -2.00. The van der Waals surface area contributed by atoms with E-state index < -0.39 is 5.97 Å². The molecule has 0 saturated heterocycles. The van der Waals surface area contributed by atoms with Crippen LogP contribution in [0.3, 0.4) is 0 Å². The molecule has 0 unspecified atom stereocenters. The summed E-state index contributed by atoms with van der Waals surface area (Å²) in [4.78, 5) is 13.3. The molecule has 0 radical (unpaired) electrons. The average Bonchev–Trinajstić information content (AvgIpc) is 2.43. The molecule has 0 atom stereocenters. The van der Waals surface area contributed by atoms with Gasteiger partial charge in [-0.1, -0.05) is 36.0 Å². The lowest BCUT2D eigenvalue weighted by molar-refractivity contribution is -0.128. The molecule has 0 saturated carbocycles. The van der Waals surface area contributed by atoms with Gasteiger partial charge in [0.05, 0.1) is 0 Å². The lowest BCUT2D eigenvalue weighted by Crippen LogP contribution is -2.02. The van der Waals surface area contributed by atoms with Gasteiger partial charge in [0.2, 0.25) is 0 Å². The minimum absolute atomic E-state index is 0.445. The van der Waals surface area contributed by atoms with E-state index in [1.165, 1.54) is 10.5 Å². The van der Waals surface area contributed by atoms with Crippen LogP contribution in [0.4, 0.5) is 0 Å². The van der Waals surface area contributed by atoms with Gasteiger partial charge in [0.25, 0.3) is 0 Å². The Morgan fingerprint density at radius 3 is 2.11 bits per heavy atom.